The van der Waals surface area contributed by atoms with Gasteiger partial charge in [-0.15, -0.1) is 0 Å². The first-order chi connectivity index (χ1) is 16.8. The molecule has 3 aliphatic rings. The summed E-state index contributed by atoms with van der Waals surface area (Å²) in [6, 6.07) is 3.48. The summed E-state index contributed by atoms with van der Waals surface area (Å²) in [4.78, 5) is 29.5. The molecule has 2 heterocycles. The fraction of sp³-hybridized carbons (Fsp3) is 0.750. The number of pyridine rings is 1. The first-order valence-corrected chi connectivity index (χ1v) is 13.7. The van der Waals surface area contributed by atoms with Gasteiger partial charge in [0.25, 0.3) is 0 Å². The van der Waals surface area contributed by atoms with Gasteiger partial charge in [0, 0.05) is 30.7 Å². The Balaban J connectivity index is 1.14. The van der Waals surface area contributed by atoms with Crippen molar-refractivity contribution in [2.24, 2.45) is 17.3 Å². The molecule has 0 aromatic carbocycles. The Hall–Kier alpha value is -2.15. The van der Waals surface area contributed by atoms with Gasteiger partial charge in [-0.05, 0) is 74.8 Å². The SMILES string of the molecule is CC(C)(C(=O)NC(CCO[C@H]1C[C@H](CCc2ccc3c(n2)NCCC3)C1)C(=O)O)C1CCCCC1. The molecule has 2 aliphatic carbocycles. The smallest absolute Gasteiger partial charge is 0.326 e. The van der Waals surface area contributed by atoms with E-state index in [-0.39, 0.29) is 12.0 Å². The van der Waals surface area contributed by atoms with Crippen molar-refractivity contribution < 1.29 is 19.4 Å². The molecule has 4 rings (SSSR count). The van der Waals surface area contributed by atoms with Crippen LogP contribution in [0.3, 0.4) is 0 Å². The van der Waals surface area contributed by atoms with Crippen molar-refractivity contribution in [2.45, 2.75) is 103 Å². The zero-order chi connectivity index (χ0) is 24.8. The Kier molecular flexibility index (Phi) is 8.68. The predicted octanol–water partition coefficient (Wildman–Crippen LogP) is 4.73. The third-order valence-corrected chi connectivity index (χ3v) is 8.53. The number of aromatic nitrogens is 1. The number of rotatable bonds is 11. The van der Waals surface area contributed by atoms with Crippen LogP contribution in [-0.4, -0.2) is 47.3 Å². The minimum absolute atomic E-state index is 0.147. The number of aryl methyl sites for hydroxylation is 2. The summed E-state index contributed by atoms with van der Waals surface area (Å²) in [5, 5.41) is 15.9. The van der Waals surface area contributed by atoms with Crippen molar-refractivity contribution in [1.29, 1.82) is 0 Å². The maximum atomic E-state index is 12.9. The molecular formula is C28H43N3O4. The summed E-state index contributed by atoms with van der Waals surface area (Å²) < 4.78 is 5.96. The minimum Gasteiger partial charge on any atom is -0.480 e. The number of hydrogen-bond acceptors (Lipinski definition) is 5. The highest BCUT2D eigenvalue weighted by Gasteiger charge is 2.39. The Bertz CT molecular complexity index is 875. The van der Waals surface area contributed by atoms with Crippen molar-refractivity contribution in [3.05, 3.63) is 23.4 Å². The van der Waals surface area contributed by atoms with Gasteiger partial charge in [0.2, 0.25) is 5.91 Å². The molecular weight excluding hydrogens is 442 g/mol. The van der Waals surface area contributed by atoms with E-state index in [4.69, 9.17) is 9.72 Å². The normalized spacial score (nSPS) is 23.5. The Morgan fingerprint density at radius 3 is 2.71 bits per heavy atom. The van der Waals surface area contributed by atoms with Crippen molar-refractivity contribution in [2.75, 3.05) is 18.5 Å². The second-order valence-electron chi connectivity index (χ2n) is 11.4. The van der Waals surface area contributed by atoms with Crippen LogP contribution in [0.2, 0.25) is 0 Å². The lowest BCUT2D eigenvalue weighted by atomic mass is 9.70. The van der Waals surface area contributed by atoms with Crippen LogP contribution in [0.25, 0.3) is 0 Å². The number of carbonyl (C=O) groups is 2. The number of carboxylic acid groups (broad SMARTS) is 1. The van der Waals surface area contributed by atoms with E-state index < -0.39 is 17.4 Å². The molecule has 1 unspecified atom stereocenters. The van der Waals surface area contributed by atoms with E-state index in [0.717, 1.165) is 75.8 Å². The molecule has 2 saturated carbocycles. The number of hydrogen-bond donors (Lipinski definition) is 3. The van der Waals surface area contributed by atoms with Crippen molar-refractivity contribution in [3.63, 3.8) is 0 Å². The van der Waals surface area contributed by atoms with E-state index >= 15 is 0 Å². The molecule has 3 N–H and O–H groups in total. The second-order valence-corrected chi connectivity index (χ2v) is 11.4. The first-order valence-electron chi connectivity index (χ1n) is 13.7. The average Bonchev–Trinajstić information content (AvgIpc) is 2.84. The minimum atomic E-state index is -0.986. The van der Waals surface area contributed by atoms with Gasteiger partial charge < -0.3 is 20.5 Å². The Morgan fingerprint density at radius 1 is 1.20 bits per heavy atom. The monoisotopic (exact) mass is 485 g/mol. The number of aliphatic carboxylic acids is 1. The van der Waals surface area contributed by atoms with E-state index in [0.29, 0.717) is 24.9 Å². The predicted molar refractivity (Wildman–Crippen MR) is 136 cm³/mol. The van der Waals surface area contributed by atoms with Gasteiger partial charge in [0.05, 0.1) is 6.10 Å². The van der Waals surface area contributed by atoms with E-state index in [1.165, 1.54) is 18.4 Å². The quantitative estimate of drug-likeness (QED) is 0.419. The van der Waals surface area contributed by atoms with Gasteiger partial charge in [0.15, 0.2) is 0 Å². The molecule has 2 fully saturated rings. The maximum absolute atomic E-state index is 12.9. The van der Waals surface area contributed by atoms with E-state index in [1.54, 1.807) is 0 Å². The van der Waals surface area contributed by atoms with Gasteiger partial charge in [0.1, 0.15) is 11.9 Å². The number of nitrogens with zero attached hydrogens (tertiary/aromatic N) is 1. The summed E-state index contributed by atoms with van der Waals surface area (Å²) in [5.74, 6) is 0.885. The zero-order valence-corrected chi connectivity index (χ0v) is 21.5. The molecule has 7 nitrogen and oxygen atoms in total. The van der Waals surface area contributed by atoms with E-state index in [2.05, 4.69) is 22.8 Å². The molecule has 0 saturated heterocycles. The van der Waals surface area contributed by atoms with Gasteiger partial charge in [-0.2, -0.15) is 0 Å². The number of amides is 1. The van der Waals surface area contributed by atoms with Gasteiger partial charge in [-0.25, -0.2) is 9.78 Å². The van der Waals surface area contributed by atoms with Gasteiger partial charge in [-0.1, -0.05) is 39.2 Å². The van der Waals surface area contributed by atoms with E-state index in [1.807, 2.05) is 13.8 Å². The third kappa shape index (κ3) is 6.75. The van der Waals surface area contributed by atoms with Gasteiger partial charge in [-0.3, -0.25) is 4.79 Å². The molecule has 194 valence electrons. The number of nitrogens with one attached hydrogen (secondary N) is 2. The van der Waals surface area contributed by atoms with Crippen molar-refractivity contribution in [3.8, 4) is 0 Å². The summed E-state index contributed by atoms with van der Waals surface area (Å²) in [6.45, 7) is 5.28. The molecule has 1 aromatic rings. The molecule has 0 bridgehead atoms. The number of carbonyl (C=O) groups excluding carboxylic acids is 1. The van der Waals surface area contributed by atoms with Crippen LogP contribution in [0.4, 0.5) is 5.82 Å². The fourth-order valence-electron chi connectivity index (χ4n) is 5.87. The molecule has 1 aliphatic heterocycles. The van der Waals surface area contributed by atoms with Crippen molar-refractivity contribution in [1.82, 2.24) is 10.3 Å². The number of carboxylic acids is 1. The number of ether oxygens (including phenoxy) is 1. The lowest BCUT2D eigenvalue weighted by Crippen LogP contribution is -2.49. The summed E-state index contributed by atoms with van der Waals surface area (Å²) in [6.07, 6.45) is 12.5. The summed E-state index contributed by atoms with van der Waals surface area (Å²) >= 11 is 0. The molecule has 0 spiro atoms. The standard InChI is InChI=1S/C28H43N3O4/c1-28(2,21-8-4-3-5-9-21)27(34)31-24(26(32)33)14-16-35-23-17-19(18-23)10-12-22-13-11-20-7-6-15-29-25(20)30-22/h11,13,19,21,23-24H,3-10,12,14-18H2,1-2H3,(H,29,30)(H,31,34)(H,32,33)/t19-,23-,24?. The van der Waals surface area contributed by atoms with Gasteiger partial charge >= 0.3 is 5.97 Å². The van der Waals surface area contributed by atoms with Crippen LogP contribution in [0, 0.1) is 17.3 Å². The summed E-state index contributed by atoms with van der Waals surface area (Å²) in [5.41, 5.74) is 1.93. The topological polar surface area (TPSA) is 101 Å². The van der Waals surface area contributed by atoms with Crippen LogP contribution in [-0.2, 0) is 27.2 Å². The van der Waals surface area contributed by atoms with Crippen LogP contribution in [0.5, 0.6) is 0 Å². The molecule has 0 radical (unpaired) electrons. The molecule has 35 heavy (non-hydrogen) atoms. The van der Waals surface area contributed by atoms with Crippen molar-refractivity contribution >= 4 is 17.7 Å². The fourth-order valence-corrected chi connectivity index (χ4v) is 5.87. The number of anilines is 1. The zero-order valence-electron chi connectivity index (χ0n) is 21.5. The molecule has 1 amide bonds. The summed E-state index contributed by atoms with van der Waals surface area (Å²) in [7, 11) is 0. The van der Waals surface area contributed by atoms with Crippen LogP contribution >= 0.6 is 0 Å². The lowest BCUT2D eigenvalue weighted by molar-refractivity contribution is -0.145. The first kappa shape index (κ1) is 25.9. The molecule has 1 aromatic heterocycles. The highest BCUT2D eigenvalue weighted by molar-refractivity contribution is 5.87. The number of fused-ring (bicyclic) bond motifs is 1. The Labute approximate surface area is 209 Å². The molecule has 1 atom stereocenters. The average molecular weight is 486 g/mol. The van der Waals surface area contributed by atoms with E-state index in [9.17, 15) is 14.7 Å². The third-order valence-electron chi connectivity index (χ3n) is 8.53. The van der Waals surface area contributed by atoms with Crippen LogP contribution in [0.15, 0.2) is 12.1 Å². The van der Waals surface area contributed by atoms with Crippen LogP contribution < -0.4 is 10.6 Å². The highest BCUT2D eigenvalue weighted by atomic mass is 16.5. The Morgan fingerprint density at radius 2 is 1.97 bits per heavy atom. The lowest BCUT2D eigenvalue weighted by Gasteiger charge is -2.37. The second kappa shape index (κ2) is 11.7. The largest absolute Gasteiger partial charge is 0.480 e. The molecule has 7 heteroatoms. The maximum Gasteiger partial charge on any atom is 0.326 e. The highest BCUT2D eigenvalue weighted by Crippen LogP contribution is 2.38. The van der Waals surface area contributed by atoms with Crippen LogP contribution in [0.1, 0.15) is 89.3 Å².